The minimum Gasteiger partial charge on any atom is -0.507 e. The zero-order valence-electron chi connectivity index (χ0n) is 20.1. The van der Waals surface area contributed by atoms with Gasteiger partial charge in [0, 0.05) is 23.1 Å². The lowest BCUT2D eigenvalue weighted by Crippen LogP contribution is -2.33. The number of allylic oxidation sites excluding steroid dienone is 3. The molecule has 0 aliphatic heterocycles. The third-order valence-electron chi connectivity index (χ3n) is 7.00. The van der Waals surface area contributed by atoms with Crippen molar-refractivity contribution in [1.29, 1.82) is 0 Å². The van der Waals surface area contributed by atoms with E-state index < -0.39 is 0 Å². The number of phenols is 2. The lowest BCUT2D eigenvalue weighted by Gasteiger charge is -2.32. The molecule has 0 radical (unpaired) electrons. The van der Waals surface area contributed by atoms with E-state index in [1.165, 1.54) is 12.7 Å². The summed E-state index contributed by atoms with van der Waals surface area (Å²) >= 11 is 0. The summed E-state index contributed by atoms with van der Waals surface area (Å²) in [5.74, 6) is 0.288. The molecule has 2 aliphatic rings. The number of hydrogen-bond acceptors (Lipinski definition) is 4. The van der Waals surface area contributed by atoms with Gasteiger partial charge in [-0.3, -0.25) is 0 Å². The van der Waals surface area contributed by atoms with Gasteiger partial charge >= 0.3 is 6.09 Å². The van der Waals surface area contributed by atoms with Gasteiger partial charge in [0.05, 0.1) is 13.7 Å². The molecule has 1 saturated carbocycles. The maximum atomic E-state index is 12.5. The molecule has 5 nitrogen and oxygen atoms in total. The number of unbranched alkanes of at least 4 members (excludes halogenated alkanes) is 2. The van der Waals surface area contributed by atoms with E-state index in [1.54, 1.807) is 4.90 Å². The van der Waals surface area contributed by atoms with Crippen molar-refractivity contribution < 1.29 is 19.7 Å². The van der Waals surface area contributed by atoms with Gasteiger partial charge in [-0.15, -0.1) is 0 Å². The molecule has 0 spiro atoms. The lowest BCUT2D eigenvalue weighted by atomic mass is 9.73. The van der Waals surface area contributed by atoms with Crippen LogP contribution in [0.4, 0.5) is 4.79 Å². The van der Waals surface area contributed by atoms with Crippen LogP contribution in [0.15, 0.2) is 29.9 Å². The van der Waals surface area contributed by atoms with Crippen molar-refractivity contribution in [2.45, 2.75) is 90.6 Å². The molecule has 0 heterocycles. The second kappa shape index (κ2) is 10.5. The maximum absolute atomic E-state index is 12.5. The number of phenolic OH excluding ortho intramolecular Hbond substituents is 2. The number of benzene rings is 1. The van der Waals surface area contributed by atoms with Crippen molar-refractivity contribution >= 4 is 6.09 Å². The fraction of sp³-hybridized carbons (Fsp3) is 0.593. The summed E-state index contributed by atoms with van der Waals surface area (Å²) in [5, 5.41) is 22.6. The van der Waals surface area contributed by atoms with Crippen LogP contribution in [0.3, 0.4) is 0 Å². The second-order valence-corrected chi connectivity index (χ2v) is 9.61. The van der Waals surface area contributed by atoms with Gasteiger partial charge in [-0.05, 0) is 69.9 Å². The highest BCUT2D eigenvalue weighted by Crippen LogP contribution is 2.48. The summed E-state index contributed by atoms with van der Waals surface area (Å²) < 4.78 is 5.03. The number of hydrogen-bond donors (Lipinski definition) is 2. The molecule has 1 aromatic carbocycles. The zero-order valence-corrected chi connectivity index (χ0v) is 20.1. The Morgan fingerprint density at radius 1 is 1.25 bits per heavy atom. The molecule has 176 valence electrons. The summed E-state index contributed by atoms with van der Waals surface area (Å²) in [5.41, 5.74) is 4.53. The Balaban J connectivity index is 2.08. The van der Waals surface area contributed by atoms with Gasteiger partial charge in [0.25, 0.3) is 0 Å². The number of rotatable bonds is 9. The lowest BCUT2D eigenvalue weighted by molar-refractivity contribution is 0.117. The maximum Gasteiger partial charge on any atom is 0.410 e. The highest BCUT2D eigenvalue weighted by atomic mass is 16.5. The first-order valence-electron chi connectivity index (χ1n) is 12.0. The Kier molecular flexibility index (Phi) is 7.91. The minimum atomic E-state index is -0.366. The van der Waals surface area contributed by atoms with E-state index in [4.69, 9.17) is 4.74 Å². The van der Waals surface area contributed by atoms with Gasteiger partial charge in [-0.2, -0.15) is 0 Å². The molecule has 2 aliphatic carbocycles. The fourth-order valence-electron chi connectivity index (χ4n) is 4.98. The highest BCUT2D eigenvalue weighted by molar-refractivity contribution is 5.69. The molecule has 0 bridgehead atoms. The molecular formula is C27H39NO4. The number of ether oxygens (including phenoxy) is 1. The third-order valence-corrected chi connectivity index (χ3v) is 7.00. The average molecular weight is 442 g/mol. The van der Waals surface area contributed by atoms with Crippen LogP contribution in [0, 0.1) is 5.92 Å². The number of methoxy groups -OCH3 is 1. The molecule has 1 fully saturated rings. The van der Waals surface area contributed by atoms with Crippen LogP contribution in [-0.2, 0) is 17.7 Å². The second-order valence-electron chi connectivity index (χ2n) is 9.61. The summed E-state index contributed by atoms with van der Waals surface area (Å²) in [4.78, 5) is 14.2. The first-order valence-corrected chi connectivity index (χ1v) is 12.0. The van der Waals surface area contributed by atoms with Crippen molar-refractivity contribution in [3.63, 3.8) is 0 Å². The Labute approximate surface area is 192 Å². The van der Waals surface area contributed by atoms with Crippen molar-refractivity contribution in [2.24, 2.45) is 5.92 Å². The van der Waals surface area contributed by atoms with Crippen LogP contribution in [-0.4, -0.2) is 34.4 Å². The summed E-state index contributed by atoms with van der Waals surface area (Å²) in [6.45, 7) is 10.8. The van der Waals surface area contributed by atoms with E-state index in [0.29, 0.717) is 12.1 Å². The van der Waals surface area contributed by atoms with Crippen LogP contribution in [0.5, 0.6) is 11.5 Å². The number of carbonyl (C=O) groups is 1. The largest absolute Gasteiger partial charge is 0.507 e. The van der Waals surface area contributed by atoms with E-state index in [0.717, 1.165) is 68.1 Å². The highest BCUT2D eigenvalue weighted by Gasteiger charge is 2.36. The van der Waals surface area contributed by atoms with Gasteiger partial charge in [-0.1, -0.05) is 43.6 Å². The monoisotopic (exact) mass is 441 g/mol. The molecule has 2 atom stereocenters. The van der Waals surface area contributed by atoms with Crippen molar-refractivity contribution in [3.05, 3.63) is 46.6 Å². The molecule has 1 aromatic rings. The van der Waals surface area contributed by atoms with E-state index in [-0.39, 0.29) is 35.5 Å². The van der Waals surface area contributed by atoms with Gasteiger partial charge in [0.15, 0.2) is 0 Å². The van der Waals surface area contributed by atoms with Crippen molar-refractivity contribution in [2.75, 3.05) is 7.11 Å². The van der Waals surface area contributed by atoms with E-state index in [9.17, 15) is 15.0 Å². The molecule has 5 heteroatoms. The first kappa shape index (κ1) is 24.2. The SMILES string of the molecule is C=C(C)C1CCC(C)=CC1c1c(O)cc(CCCCC)c(CN(C(=O)OC)C2CC2)c1O. The molecule has 2 N–H and O–H groups in total. The van der Waals surface area contributed by atoms with Gasteiger partial charge in [-0.25, -0.2) is 4.79 Å². The third kappa shape index (κ3) is 5.31. The van der Waals surface area contributed by atoms with Crippen molar-refractivity contribution in [3.8, 4) is 11.5 Å². The normalized spacial score (nSPS) is 20.6. The molecule has 3 rings (SSSR count). The van der Waals surface area contributed by atoms with E-state index >= 15 is 0 Å². The summed E-state index contributed by atoms with van der Waals surface area (Å²) in [6, 6.07) is 1.97. The molecule has 0 aromatic heterocycles. The molecule has 2 unspecified atom stereocenters. The molecule has 32 heavy (non-hydrogen) atoms. The number of amides is 1. The standard InChI is InChI=1S/C27H39NO4/c1-6-7-8-9-19-15-24(29)25(22-14-18(4)10-13-21(22)17(2)3)26(30)23(19)16-28(20-11-12-20)27(31)32-5/h14-15,20-22,29-30H,2,6-13,16H2,1,3-5H3. The minimum absolute atomic E-state index is 0.119. The predicted molar refractivity (Wildman–Crippen MR) is 128 cm³/mol. The molecule has 0 saturated heterocycles. The van der Waals surface area contributed by atoms with Crippen LogP contribution < -0.4 is 0 Å². The summed E-state index contributed by atoms with van der Waals surface area (Å²) in [6.07, 6.45) is 9.55. The van der Waals surface area contributed by atoms with Crippen LogP contribution in [0.2, 0.25) is 0 Å². The van der Waals surface area contributed by atoms with Crippen LogP contribution >= 0.6 is 0 Å². The van der Waals surface area contributed by atoms with Gasteiger partial charge < -0.3 is 19.8 Å². The average Bonchev–Trinajstić information content (AvgIpc) is 3.58. The van der Waals surface area contributed by atoms with E-state index in [2.05, 4.69) is 26.5 Å². The Morgan fingerprint density at radius 2 is 1.97 bits per heavy atom. The predicted octanol–water partition coefficient (Wildman–Crippen LogP) is 6.58. The topological polar surface area (TPSA) is 70.0 Å². The molecule has 1 amide bonds. The smallest absolute Gasteiger partial charge is 0.410 e. The van der Waals surface area contributed by atoms with Crippen molar-refractivity contribution in [1.82, 2.24) is 4.90 Å². The quantitative estimate of drug-likeness (QED) is 0.335. The van der Waals surface area contributed by atoms with Gasteiger partial charge in [0.1, 0.15) is 11.5 Å². The Bertz CT molecular complexity index is 884. The Hall–Kier alpha value is -2.43. The fourth-order valence-corrected chi connectivity index (χ4v) is 4.98. The Morgan fingerprint density at radius 3 is 2.56 bits per heavy atom. The van der Waals surface area contributed by atoms with Crippen LogP contribution in [0.25, 0.3) is 0 Å². The number of carbonyl (C=O) groups excluding carboxylic acids is 1. The first-order chi connectivity index (χ1) is 15.3. The molecular weight excluding hydrogens is 402 g/mol. The number of aromatic hydroxyl groups is 2. The van der Waals surface area contributed by atoms with Gasteiger partial charge in [0.2, 0.25) is 0 Å². The zero-order chi connectivity index (χ0) is 23.4. The van der Waals surface area contributed by atoms with Crippen LogP contribution in [0.1, 0.15) is 88.3 Å². The number of aryl methyl sites for hydroxylation is 1. The summed E-state index contributed by atoms with van der Waals surface area (Å²) in [7, 11) is 1.40. The van der Waals surface area contributed by atoms with E-state index in [1.807, 2.05) is 13.0 Å². The number of nitrogens with zero attached hydrogens (tertiary/aromatic N) is 1.